The van der Waals surface area contributed by atoms with Crippen LogP contribution in [-0.2, 0) is 0 Å². The summed E-state index contributed by atoms with van der Waals surface area (Å²) in [6, 6.07) is 4.11. The number of aryl methyl sites for hydroxylation is 1. The summed E-state index contributed by atoms with van der Waals surface area (Å²) < 4.78 is 10.6. The van der Waals surface area contributed by atoms with Crippen molar-refractivity contribution in [1.29, 1.82) is 0 Å². The quantitative estimate of drug-likeness (QED) is 0.632. The Morgan fingerprint density at radius 2 is 2.35 bits per heavy atom. The highest BCUT2D eigenvalue weighted by molar-refractivity contribution is 7.99. The maximum absolute atomic E-state index is 5.31. The number of furan rings is 1. The standard InChI is InChI=1S/C12H16N2O2S/c1-9-8-16-12(14-9)17-7-5-13-10(2)11-4-3-6-15-11/h3-4,6,8,10,13H,5,7H2,1-2H3. The highest BCUT2D eigenvalue weighted by Gasteiger charge is 2.07. The SMILES string of the molecule is Cc1coc(SCCNC(C)c2ccco2)n1. The molecule has 1 atom stereocenters. The van der Waals surface area contributed by atoms with Crippen LogP contribution in [0, 0.1) is 6.92 Å². The van der Waals surface area contributed by atoms with E-state index in [1.54, 1.807) is 24.3 Å². The summed E-state index contributed by atoms with van der Waals surface area (Å²) in [7, 11) is 0. The molecule has 0 saturated heterocycles. The third-order valence-electron chi connectivity index (χ3n) is 2.35. The Bertz CT molecular complexity index is 439. The smallest absolute Gasteiger partial charge is 0.255 e. The molecule has 4 nitrogen and oxygen atoms in total. The van der Waals surface area contributed by atoms with E-state index in [0.29, 0.717) is 0 Å². The highest BCUT2D eigenvalue weighted by atomic mass is 32.2. The van der Waals surface area contributed by atoms with Crippen molar-refractivity contribution >= 4 is 11.8 Å². The van der Waals surface area contributed by atoms with Crippen molar-refractivity contribution < 1.29 is 8.83 Å². The molecular weight excluding hydrogens is 236 g/mol. The zero-order chi connectivity index (χ0) is 12.1. The fourth-order valence-corrected chi connectivity index (χ4v) is 2.17. The number of hydrogen-bond acceptors (Lipinski definition) is 5. The fraction of sp³-hybridized carbons (Fsp3) is 0.417. The van der Waals surface area contributed by atoms with Crippen LogP contribution in [0.25, 0.3) is 0 Å². The zero-order valence-corrected chi connectivity index (χ0v) is 10.8. The van der Waals surface area contributed by atoms with Crippen LogP contribution >= 0.6 is 11.8 Å². The number of aromatic nitrogens is 1. The lowest BCUT2D eigenvalue weighted by Crippen LogP contribution is -2.20. The Labute approximate surface area is 105 Å². The maximum atomic E-state index is 5.31. The minimum absolute atomic E-state index is 0.233. The van der Waals surface area contributed by atoms with Crippen LogP contribution in [0.3, 0.4) is 0 Å². The van der Waals surface area contributed by atoms with Crippen molar-refractivity contribution in [2.75, 3.05) is 12.3 Å². The Balaban J connectivity index is 1.66. The van der Waals surface area contributed by atoms with Crippen molar-refractivity contribution in [2.45, 2.75) is 25.1 Å². The normalized spacial score (nSPS) is 12.8. The summed E-state index contributed by atoms with van der Waals surface area (Å²) in [5, 5.41) is 4.11. The minimum Gasteiger partial charge on any atom is -0.468 e. The molecule has 2 aromatic rings. The molecule has 2 heterocycles. The second-order valence-electron chi connectivity index (χ2n) is 3.79. The van der Waals surface area contributed by atoms with E-state index in [-0.39, 0.29) is 6.04 Å². The van der Waals surface area contributed by atoms with E-state index in [1.165, 1.54) is 0 Å². The van der Waals surface area contributed by atoms with Gasteiger partial charge in [0.15, 0.2) is 0 Å². The van der Waals surface area contributed by atoms with Crippen LogP contribution < -0.4 is 5.32 Å². The molecule has 17 heavy (non-hydrogen) atoms. The van der Waals surface area contributed by atoms with Gasteiger partial charge in [-0.05, 0) is 26.0 Å². The van der Waals surface area contributed by atoms with Crippen LogP contribution in [0.4, 0.5) is 0 Å². The monoisotopic (exact) mass is 252 g/mol. The van der Waals surface area contributed by atoms with Crippen LogP contribution in [0.5, 0.6) is 0 Å². The minimum atomic E-state index is 0.233. The number of thioether (sulfide) groups is 1. The summed E-state index contributed by atoms with van der Waals surface area (Å²) in [5.74, 6) is 1.88. The van der Waals surface area contributed by atoms with E-state index in [9.17, 15) is 0 Å². The van der Waals surface area contributed by atoms with Crippen molar-refractivity contribution in [3.05, 3.63) is 36.1 Å². The number of nitrogens with one attached hydrogen (secondary N) is 1. The molecule has 2 rings (SSSR count). The van der Waals surface area contributed by atoms with Crippen LogP contribution in [0.15, 0.2) is 38.7 Å². The van der Waals surface area contributed by atoms with E-state index in [1.807, 2.05) is 19.1 Å². The molecule has 0 saturated carbocycles. The molecule has 0 radical (unpaired) electrons. The van der Waals surface area contributed by atoms with Crippen molar-refractivity contribution in [3.8, 4) is 0 Å². The van der Waals surface area contributed by atoms with E-state index in [0.717, 1.165) is 29.0 Å². The first-order valence-corrected chi connectivity index (χ1v) is 6.56. The topological polar surface area (TPSA) is 51.2 Å². The molecular formula is C12H16N2O2S. The zero-order valence-electron chi connectivity index (χ0n) is 9.97. The van der Waals surface area contributed by atoms with Crippen LogP contribution in [-0.4, -0.2) is 17.3 Å². The summed E-state index contributed by atoms with van der Waals surface area (Å²) in [4.78, 5) is 4.23. The first-order chi connectivity index (χ1) is 8.25. The van der Waals surface area contributed by atoms with Gasteiger partial charge in [0.25, 0.3) is 5.22 Å². The van der Waals surface area contributed by atoms with Gasteiger partial charge < -0.3 is 14.2 Å². The largest absolute Gasteiger partial charge is 0.468 e. The molecule has 5 heteroatoms. The van der Waals surface area contributed by atoms with E-state index in [4.69, 9.17) is 8.83 Å². The Morgan fingerprint density at radius 3 is 3.00 bits per heavy atom. The lowest BCUT2D eigenvalue weighted by molar-refractivity contribution is 0.437. The third-order valence-corrected chi connectivity index (χ3v) is 3.19. The van der Waals surface area contributed by atoms with Gasteiger partial charge in [-0.3, -0.25) is 0 Å². The van der Waals surface area contributed by atoms with E-state index in [2.05, 4.69) is 17.2 Å². The number of rotatable bonds is 6. The summed E-state index contributed by atoms with van der Waals surface area (Å²) in [6.45, 7) is 4.89. The van der Waals surface area contributed by atoms with Gasteiger partial charge in [-0.1, -0.05) is 11.8 Å². The van der Waals surface area contributed by atoms with Gasteiger partial charge in [-0.2, -0.15) is 0 Å². The predicted molar refractivity (Wildman–Crippen MR) is 67.1 cm³/mol. The molecule has 1 unspecified atom stereocenters. The van der Waals surface area contributed by atoms with Crippen LogP contribution in [0.2, 0.25) is 0 Å². The van der Waals surface area contributed by atoms with Crippen molar-refractivity contribution in [2.24, 2.45) is 0 Å². The maximum Gasteiger partial charge on any atom is 0.255 e. The molecule has 0 aliphatic carbocycles. The molecule has 2 aromatic heterocycles. The van der Waals surface area contributed by atoms with Gasteiger partial charge in [0.2, 0.25) is 0 Å². The molecule has 0 fully saturated rings. The first kappa shape index (κ1) is 12.3. The summed E-state index contributed by atoms with van der Waals surface area (Å²) >= 11 is 1.61. The van der Waals surface area contributed by atoms with Crippen LogP contribution in [0.1, 0.15) is 24.4 Å². The van der Waals surface area contributed by atoms with E-state index >= 15 is 0 Å². The van der Waals surface area contributed by atoms with Crippen molar-refractivity contribution in [3.63, 3.8) is 0 Å². The van der Waals surface area contributed by atoms with Gasteiger partial charge in [0, 0.05) is 12.3 Å². The lowest BCUT2D eigenvalue weighted by Gasteiger charge is -2.09. The molecule has 0 bridgehead atoms. The Kier molecular flexibility index (Phi) is 4.28. The number of nitrogens with zero attached hydrogens (tertiary/aromatic N) is 1. The predicted octanol–water partition coefficient (Wildman–Crippen LogP) is 3.02. The number of hydrogen-bond donors (Lipinski definition) is 1. The lowest BCUT2D eigenvalue weighted by atomic mass is 10.2. The van der Waals surface area contributed by atoms with Crippen molar-refractivity contribution in [1.82, 2.24) is 10.3 Å². The number of oxazole rings is 1. The summed E-state index contributed by atoms with van der Waals surface area (Å²) in [5.41, 5.74) is 0.921. The molecule has 0 spiro atoms. The second kappa shape index (κ2) is 5.93. The average molecular weight is 252 g/mol. The van der Waals surface area contributed by atoms with E-state index < -0.39 is 0 Å². The summed E-state index contributed by atoms with van der Waals surface area (Å²) in [6.07, 6.45) is 3.36. The average Bonchev–Trinajstić information content (AvgIpc) is 2.95. The fourth-order valence-electron chi connectivity index (χ4n) is 1.45. The molecule has 1 N–H and O–H groups in total. The Morgan fingerprint density at radius 1 is 1.47 bits per heavy atom. The second-order valence-corrected chi connectivity index (χ2v) is 4.84. The molecule has 0 aromatic carbocycles. The highest BCUT2D eigenvalue weighted by Crippen LogP contribution is 2.17. The van der Waals surface area contributed by atoms with Gasteiger partial charge in [0.05, 0.1) is 18.0 Å². The van der Waals surface area contributed by atoms with Gasteiger partial charge >= 0.3 is 0 Å². The van der Waals surface area contributed by atoms with Gasteiger partial charge in [0.1, 0.15) is 12.0 Å². The van der Waals surface area contributed by atoms with Gasteiger partial charge in [-0.15, -0.1) is 0 Å². The van der Waals surface area contributed by atoms with Gasteiger partial charge in [-0.25, -0.2) is 4.98 Å². The molecule has 0 amide bonds. The molecule has 0 aliphatic rings. The third kappa shape index (κ3) is 3.64. The Hall–Kier alpha value is -1.20. The first-order valence-electron chi connectivity index (χ1n) is 5.57. The molecule has 0 aliphatic heterocycles. The molecule has 92 valence electrons.